The molecule has 0 bridgehead atoms. The molecule has 1 rings (SSSR count). The summed E-state index contributed by atoms with van der Waals surface area (Å²) in [6, 6.07) is 0.777. The van der Waals surface area contributed by atoms with Crippen molar-refractivity contribution in [1.29, 1.82) is 0 Å². The van der Waals surface area contributed by atoms with Gasteiger partial charge in [0.15, 0.2) is 0 Å². The Labute approximate surface area is 92.8 Å². The summed E-state index contributed by atoms with van der Waals surface area (Å²) in [6.07, 6.45) is 3.99. The topological polar surface area (TPSA) is 15.3 Å². The molecule has 1 N–H and O–H groups in total. The Hall–Kier alpha value is 0.270. The Balaban J connectivity index is 1.93. The van der Waals surface area contributed by atoms with Crippen molar-refractivity contribution in [1.82, 2.24) is 10.2 Å². The van der Waals surface area contributed by atoms with Crippen molar-refractivity contribution in [3.05, 3.63) is 0 Å². The molecule has 0 spiro atoms. The molecule has 14 heavy (non-hydrogen) atoms. The van der Waals surface area contributed by atoms with Gasteiger partial charge in [0, 0.05) is 11.3 Å². The van der Waals surface area contributed by atoms with Gasteiger partial charge in [-0.2, -0.15) is 11.8 Å². The van der Waals surface area contributed by atoms with Crippen LogP contribution in [0.1, 0.15) is 26.2 Å². The van der Waals surface area contributed by atoms with E-state index in [9.17, 15) is 0 Å². The van der Waals surface area contributed by atoms with Crippen LogP contribution in [0.2, 0.25) is 0 Å². The van der Waals surface area contributed by atoms with E-state index in [1.807, 2.05) is 0 Å². The molecule has 0 aromatic heterocycles. The molecule has 0 amide bonds. The van der Waals surface area contributed by atoms with Crippen LogP contribution in [0.4, 0.5) is 0 Å². The van der Waals surface area contributed by atoms with Crippen LogP contribution in [0.25, 0.3) is 0 Å². The van der Waals surface area contributed by atoms with Crippen LogP contribution in [-0.2, 0) is 0 Å². The molecule has 0 aliphatic carbocycles. The van der Waals surface area contributed by atoms with Crippen LogP contribution >= 0.6 is 11.8 Å². The summed E-state index contributed by atoms with van der Waals surface area (Å²) < 4.78 is 0. The van der Waals surface area contributed by atoms with Crippen LogP contribution in [0.15, 0.2) is 0 Å². The van der Waals surface area contributed by atoms with E-state index in [1.54, 1.807) is 0 Å². The highest BCUT2D eigenvalue weighted by Crippen LogP contribution is 2.25. The number of unbranched alkanes of at least 4 members (excludes halogenated alkanes) is 1. The van der Waals surface area contributed by atoms with E-state index in [4.69, 9.17) is 0 Å². The first-order valence-electron chi connectivity index (χ1n) is 5.70. The summed E-state index contributed by atoms with van der Waals surface area (Å²) in [6.45, 7) is 4.76. The molecule has 0 aromatic carbocycles. The summed E-state index contributed by atoms with van der Waals surface area (Å²) in [5, 5.41) is 4.49. The van der Waals surface area contributed by atoms with Crippen molar-refractivity contribution >= 4 is 11.8 Å². The summed E-state index contributed by atoms with van der Waals surface area (Å²) >= 11 is 2.10. The first-order valence-corrected chi connectivity index (χ1v) is 6.74. The standard InChI is InChI=1S/C11H24N2S/c1-10-11(6-9-14-10)12-7-4-5-8-13(2)3/h10-12H,4-9H2,1-3H3. The average Bonchev–Trinajstić information content (AvgIpc) is 2.51. The van der Waals surface area contributed by atoms with Crippen molar-refractivity contribution < 1.29 is 0 Å². The predicted molar refractivity (Wildman–Crippen MR) is 66.1 cm³/mol. The van der Waals surface area contributed by atoms with Gasteiger partial charge in [0.2, 0.25) is 0 Å². The molecule has 0 saturated carbocycles. The fraction of sp³-hybridized carbons (Fsp3) is 1.00. The Morgan fingerprint density at radius 2 is 2.14 bits per heavy atom. The second-order valence-electron chi connectivity index (χ2n) is 4.44. The van der Waals surface area contributed by atoms with Gasteiger partial charge in [-0.15, -0.1) is 0 Å². The van der Waals surface area contributed by atoms with Gasteiger partial charge in [0.25, 0.3) is 0 Å². The lowest BCUT2D eigenvalue weighted by atomic mass is 10.1. The lowest BCUT2D eigenvalue weighted by molar-refractivity contribution is 0.387. The molecule has 1 aliphatic rings. The number of nitrogens with zero attached hydrogens (tertiary/aromatic N) is 1. The molecule has 1 saturated heterocycles. The minimum Gasteiger partial charge on any atom is -0.313 e. The summed E-state index contributed by atoms with van der Waals surface area (Å²) in [7, 11) is 4.28. The maximum absolute atomic E-state index is 3.67. The third-order valence-corrected chi connectivity index (χ3v) is 4.14. The van der Waals surface area contributed by atoms with E-state index < -0.39 is 0 Å². The normalized spacial score (nSPS) is 27.4. The fourth-order valence-electron chi connectivity index (χ4n) is 1.84. The first kappa shape index (κ1) is 12.3. The van der Waals surface area contributed by atoms with Crippen molar-refractivity contribution in [2.45, 2.75) is 37.5 Å². The molecule has 2 atom stereocenters. The maximum atomic E-state index is 3.67. The van der Waals surface area contributed by atoms with E-state index in [0.29, 0.717) is 0 Å². The van der Waals surface area contributed by atoms with Crippen LogP contribution < -0.4 is 5.32 Å². The largest absolute Gasteiger partial charge is 0.313 e. The second kappa shape index (κ2) is 6.70. The van der Waals surface area contributed by atoms with Crippen LogP contribution in [0.3, 0.4) is 0 Å². The highest BCUT2D eigenvalue weighted by atomic mass is 32.2. The minimum absolute atomic E-state index is 0.777. The van der Waals surface area contributed by atoms with Gasteiger partial charge < -0.3 is 10.2 Å². The lowest BCUT2D eigenvalue weighted by Gasteiger charge is -2.16. The molecule has 2 unspecified atom stereocenters. The molecule has 1 fully saturated rings. The Morgan fingerprint density at radius 1 is 1.36 bits per heavy atom. The van der Waals surface area contributed by atoms with E-state index >= 15 is 0 Å². The number of thioether (sulfide) groups is 1. The molecule has 0 aromatic rings. The Morgan fingerprint density at radius 3 is 2.71 bits per heavy atom. The van der Waals surface area contributed by atoms with Gasteiger partial charge in [0.1, 0.15) is 0 Å². The van der Waals surface area contributed by atoms with Crippen molar-refractivity contribution in [2.24, 2.45) is 0 Å². The molecule has 1 heterocycles. The van der Waals surface area contributed by atoms with E-state index in [0.717, 1.165) is 11.3 Å². The van der Waals surface area contributed by atoms with Gasteiger partial charge in [0.05, 0.1) is 0 Å². The van der Waals surface area contributed by atoms with Crippen LogP contribution in [0, 0.1) is 0 Å². The first-order chi connectivity index (χ1) is 6.70. The smallest absolute Gasteiger partial charge is 0.0191 e. The zero-order valence-corrected chi connectivity index (χ0v) is 10.6. The quantitative estimate of drug-likeness (QED) is 0.682. The van der Waals surface area contributed by atoms with Crippen molar-refractivity contribution in [2.75, 3.05) is 32.9 Å². The average molecular weight is 216 g/mol. The Kier molecular flexibility index (Phi) is 5.90. The molecule has 2 nitrogen and oxygen atoms in total. The molecular formula is C11H24N2S. The molecule has 3 heteroatoms. The van der Waals surface area contributed by atoms with Crippen LogP contribution in [-0.4, -0.2) is 49.1 Å². The lowest BCUT2D eigenvalue weighted by Crippen LogP contribution is -2.34. The van der Waals surface area contributed by atoms with Gasteiger partial charge in [-0.1, -0.05) is 6.92 Å². The van der Waals surface area contributed by atoms with E-state index in [2.05, 4.69) is 43.0 Å². The Bertz CT molecular complexity index is 150. The molecule has 0 radical (unpaired) electrons. The summed E-state index contributed by atoms with van der Waals surface area (Å²) in [4.78, 5) is 2.26. The number of rotatable bonds is 6. The van der Waals surface area contributed by atoms with Crippen molar-refractivity contribution in [3.63, 3.8) is 0 Å². The predicted octanol–water partition coefficient (Wildman–Crippen LogP) is 1.81. The van der Waals surface area contributed by atoms with E-state index in [-0.39, 0.29) is 0 Å². The molecule has 84 valence electrons. The monoisotopic (exact) mass is 216 g/mol. The van der Waals surface area contributed by atoms with Gasteiger partial charge >= 0.3 is 0 Å². The van der Waals surface area contributed by atoms with Crippen LogP contribution in [0.5, 0.6) is 0 Å². The molecule has 1 aliphatic heterocycles. The number of nitrogens with one attached hydrogen (secondary N) is 1. The summed E-state index contributed by atoms with van der Waals surface area (Å²) in [5.74, 6) is 1.34. The highest BCUT2D eigenvalue weighted by molar-refractivity contribution is 8.00. The third kappa shape index (κ3) is 4.67. The zero-order chi connectivity index (χ0) is 10.4. The molecular weight excluding hydrogens is 192 g/mol. The maximum Gasteiger partial charge on any atom is 0.0191 e. The number of hydrogen-bond acceptors (Lipinski definition) is 3. The van der Waals surface area contributed by atoms with Gasteiger partial charge in [-0.25, -0.2) is 0 Å². The fourth-order valence-corrected chi connectivity index (χ4v) is 3.07. The van der Waals surface area contributed by atoms with Crippen molar-refractivity contribution in [3.8, 4) is 0 Å². The van der Waals surface area contributed by atoms with Gasteiger partial charge in [-0.05, 0) is 52.2 Å². The van der Waals surface area contributed by atoms with Gasteiger partial charge in [-0.3, -0.25) is 0 Å². The third-order valence-electron chi connectivity index (χ3n) is 2.81. The second-order valence-corrected chi connectivity index (χ2v) is 5.92. The SMILES string of the molecule is CC1SCCC1NCCCCN(C)C. The summed E-state index contributed by atoms with van der Waals surface area (Å²) in [5.41, 5.74) is 0. The minimum atomic E-state index is 0.777. The highest BCUT2D eigenvalue weighted by Gasteiger charge is 2.22. The zero-order valence-electron chi connectivity index (χ0n) is 9.75. The van der Waals surface area contributed by atoms with E-state index in [1.165, 1.54) is 38.1 Å². The number of hydrogen-bond donors (Lipinski definition) is 1.